The van der Waals surface area contributed by atoms with Gasteiger partial charge in [-0.2, -0.15) is 13.2 Å². The lowest BCUT2D eigenvalue weighted by atomic mass is 9.74. The van der Waals surface area contributed by atoms with Gasteiger partial charge in [0.05, 0.1) is 25.4 Å². The number of nitrogens with zero attached hydrogens (tertiary/aromatic N) is 1. The van der Waals surface area contributed by atoms with E-state index in [2.05, 4.69) is 10.3 Å². The molecule has 0 unspecified atom stereocenters. The first-order valence-corrected chi connectivity index (χ1v) is 9.01. The van der Waals surface area contributed by atoms with Gasteiger partial charge in [-0.1, -0.05) is 6.07 Å². The molecule has 2 aliphatic heterocycles. The van der Waals surface area contributed by atoms with Gasteiger partial charge in [0.1, 0.15) is 0 Å². The Kier molecular flexibility index (Phi) is 4.43. The molecule has 1 saturated carbocycles. The van der Waals surface area contributed by atoms with Crippen LogP contribution in [0.3, 0.4) is 0 Å². The van der Waals surface area contributed by atoms with E-state index in [9.17, 15) is 18.0 Å². The first-order chi connectivity index (χ1) is 12.7. The van der Waals surface area contributed by atoms with E-state index in [1.807, 2.05) is 18.2 Å². The predicted molar refractivity (Wildman–Crippen MR) is 95.3 cm³/mol. The number of amides is 1. The molecule has 27 heavy (non-hydrogen) atoms. The third-order valence-corrected chi connectivity index (χ3v) is 5.55. The van der Waals surface area contributed by atoms with Gasteiger partial charge in [-0.05, 0) is 36.5 Å². The number of anilines is 1. The monoisotopic (exact) mass is 381 g/mol. The number of benzene rings is 1. The molecular formula is C19H22F3N3O2. The summed E-state index contributed by atoms with van der Waals surface area (Å²) < 4.78 is 44.2. The van der Waals surface area contributed by atoms with Crippen LogP contribution in [-0.4, -0.2) is 47.2 Å². The number of halogens is 3. The van der Waals surface area contributed by atoms with Crippen molar-refractivity contribution in [3.63, 3.8) is 0 Å². The number of rotatable bonds is 6. The fourth-order valence-electron chi connectivity index (χ4n) is 4.47. The van der Waals surface area contributed by atoms with E-state index in [1.165, 1.54) is 6.92 Å². The molecule has 5 nitrogen and oxygen atoms in total. The Morgan fingerprint density at radius 2 is 2.19 bits per heavy atom. The molecule has 146 valence electrons. The highest BCUT2D eigenvalue weighted by Crippen LogP contribution is 2.51. The highest BCUT2D eigenvalue weighted by Gasteiger charge is 2.57. The van der Waals surface area contributed by atoms with Crippen molar-refractivity contribution in [2.75, 3.05) is 25.0 Å². The molecule has 1 amide bonds. The Morgan fingerprint density at radius 3 is 2.89 bits per heavy atom. The van der Waals surface area contributed by atoms with Crippen LogP contribution in [-0.2, 0) is 16.1 Å². The molecule has 1 aliphatic carbocycles. The van der Waals surface area contributed by atoms with E-state index < -0.39 is 18.3 Å². The maximum absolute atomic E-state index is 12.8. The third kappa shape index (κ3) is 3.68. The second kappa shape index (κ2) is 6.53. The number of alkyl halides is 3. The van der Waals surface area contributed by atoms with Crippen molar-refractivity contribution >= 4 is 22.5 Å². The Morgan fingerprint density at radius 1 is 1.41 bits per heavy atom. The van der Waals surface area contributed by atoms with Crippen LogP contribution in [0.25, 0.3) is 10.9 Å². The van der Waals surface area contributed by atoms with Crippen molar-refractivity contribution in [2.45, 2.75) is 38.1 Å². The van der Waals surface area contributed by atoms with Crippen LogP contribution in [0, 0.1) is 5.92 Å². The van der Waals surface area contributed by atoms with E-state index >= 15 is 0 Å². The van der Waals surface area contributed by atoms with Crippen molar-refractivity contribution in [2.24, 2.45) is 5.92 Å². The molecule has 3 fully saturated rings. The summed E-state index contributed by atoms with van der Waals surface area (Å²) in [6.07, 6.45) is -0.874. The molecule has 2 bridgehead atoms. The Labute approximate surface area is 154 Å². The Bertz CT molecular complexity index is 855. The third-order valence-electron chi connectivity index (χ3n) is 5.55. The zero-order valence-electron chi connectivity index (χ0n) is 15.0. The summed E-state index contributed by atoms with van der Waals surface area (Å²) in [6.45, 7) is 1.74. The minimum Gasteiger partial charge on any atom is -0.375 e. The molecule has 1 aromatic heterocycles. The van der Waals surface area contributed by atoms with Crippen molar-refractivity contribution in [3.8, 4) is 0 Å². The largest absolute Gasteiger partial charge is 0.401 e. The lowest BCUT2D eigenvalue weighted by Gasteiger charge is -2.42. The van der Waals surface area contributed by atoms with Gasteiger partial charge in [-0.25, -0.2) is 0 Å². The minimum atomic E-state index is -4.18. The van der Waals surface area contributed by atoms with Crippen LogP contribution < -0.4 is 5.32 Å². The van der Waals surface area contributed by atoms with Gasteiger partial charge < -0.3 is 15.0 Å². The summed E-state index contributed by atoms with van der Waals surface area (Å²) in [5.41, 5.74) is 2.06. The van der Waals surface area contributed by atoms with Gasteiger partial charge in [0, 0.05) is 36.1 Å². The summed E-state index contributed by atoms with van der Waals surface area (Å²) in [6, 6.07) is 5.75. The molecule has 2 saturated heterocycles. The molecule has 0 spiro atoms. The van der Waals surface area contributed by atoms with Crippen LogP contribution in [0.4, 0.5) is 18.9 Å². The number of nitrogens with one attached hydrogen (secondary N) is 2. The fraction of sp³-hybridized carbons (Fsp3) is 0.526. The van der Waals surface area contributed by atoms with Crippen molar-refractivity contribution in [1.29, 1.82) is 0 Å². The highest BCUT2D eigenvalue weighted by molar-refractivity contribution is 6.01. The number of H-pyrrole nitrogens is 1. The summed E-state index contributed by atoms with van der Waals surface area (Å²) >= 11 is 0. The maximum Gasteiger partial charge on any atom is 0.401 e. The first kappa shape index (κ1) is 18.3. The molecule has 2 N–H and O–H groups in total. The number of carbonyl (C=O) groups excluding carboxylic acids is 1. The SMILES string of the molecule is CC(=O)Nc1c[nH]c2ccc(COCC34CC(CN3CC(F)(F)F)C4)cc12. The second-order valence-corrected chi connectivity index (χ2v) is 7.75. The average Bonchev–Trinajstić information content (AvgIpc) is 3.16. The van der Waals surface area contributed by atoms with Gasteiger partial charge in [0.15, 0.2) is 0 Å². The van der Waals surface area contributed by atoms with Crippen molar-refractivity contribution in [1.82, 2.24) is 9.88 Å². The summed E-state index contributed by atoms with van der Waals surface area (Å²) in [5.74, 6) is 0.217. The molecule has 2 aromatic rings. The van der Waals surface area contributed by atoms with E-state index in [1.54, 1.807) is 11.1 Å². The summed E-state index contributed by atoms with van der Waals surface area (Å²) in [5, 5.41) is 3.65. The standard InChI is InChI=1S/C19H22F3N3O2/c1-12(26)24-17-7-23-16-3-2-13(4-15(16)17)9-27-11-18-5-14(6-18)8-25(18)10-19(20,21)22/h2-4,7,14,23H,5-6,8-11H2,1H3,(H,24,26). The van der Waals surface area contributed by atoms with Crippen molar-refractivity contribution < 1.29 is 22.7 Å². The molecule has 1 aromatic carbocycles. The molecule has 0 radical (unpaired) electrons. The van der Waals surface area contributed by atoms with Crippen LogP contribution >= 0.6 is 0 Å². The van der Waals surface area contributed by atoms with E-state index in [0.29, 0.717) is 31.4 Å². The zero-order valence-corrected chi connectivity index (χ0v) is 15.0. The molecule has 3 heterocycles. The summed E-state index contributed by atoms with van der Waals surface area (Å²) in [7, 11) is 0. The smallest absolute Gasteiger partial charge is 0.375 e. The predicted octanol–water partition coefficient (Wildman–Crippen LogP) is 3.67. The maximum atomic E-state index is 12.8. The topological polar surface area (TPSA) is 57.4 Å². The van der Waals surface area contributed by atoms with Crippen molar-refractivity contribution in [3.05, 3.63) is 30.0 Å². The number of aromatic amines is 1. The molecule has 3 aliphatic rings. The molecule has 8 heteroatoms. The van der Waals surface area contributed by atoms with Gasteiger partial charge >= 0.3 is 6.18 Å². The highest BCUT2D eigenvalue weighted by atomic mass is 19.4. The van der Waals surface area contributed by atoms with Gasteiger partial charge in [-0.3, -0.25) is 9.69 Å². The number of hydrogen-bond donors (Lipinski definition) is 2. The minimum absolute atomic E-state index is 0.151. The first-order valence-electron chi connectivity index (χ1n) is 9.01. The fourth-order valence-corrected chi connectivity index (χ4v) is 4.47. The number of hydrogen-bond acceptors (Lipinski definition) is 3. The van der Waals surface area contributed by atoms with E-state index in [-0.39, 0.29) is 5.91 Å². The van der Waals surface area contributed by atoms with Crippen LogP contribution in [0.1, 0.15) is 25.3 Å². The number of aromatic nitrogens is 1. The van der Waals surface area contributed by atoms with E-state index in [0.717, 1.165) is 29.3 Å². The van der Waals surface area contributed by atoms with Gasteiger partial charge in [-0.15, -0.1) is 0 Å². The number of carbonyl (C=O) groups is 1. The number of ether oxygens (including phenoxy) is 1. The average molecular weight is 381 g/mol. The molecular weight excluding hydrogens is 359 g/mol. The zero-order chi connectivity index (χ0) is 19.2. The lowest BCUT2D eigenvalue weighted by molar-refractivity contribution is -0.158. The van der Waals surface area contributed by atoms with Crippen LogP contribution in [0.15, 0.2) is 24.4 Å². The van der Waals surface area contributed by atoms with Gasteiger partial charge in [0.25, 0.3) is 0 Å². The number of fused-ring (bicyclic) bond motifs is 2. The summed E-state index contributed by atoms with van der Waals surface area (Å²) in [4.78, 5) is 15.9. The second-order valence-electron chi connectivity index (χ2n) is 7.75. The quantitative estimate of drug-likeness (QED) is 0.803. The van der Waals surface area contributed by atoms with Crippen LogP contribution in [0.5, 0.6) is 0 Å². The van der Waals surface area contributed by atoms with Crippen LogP contribution in [0.2, 0.25) is 0 Å². The molecule has 5 rings (SSSR count). The molecule has 0 atom stereocenters. The lowest BCUT2D eigenvalue weighted by Crippen LogP contribution is -2.52. The normalized spacial score (nSPS) is 25.0. The van der Waals surface area contributed by atoms with Gasteiger partial charge in [0.2, 0.25) is 5.91 Å². The Balaban J connectivity index is 1.40. The Hall–Kier alpha value is -2.06. The van der Waals surface area contributed by atoms with E-state index in [4.69, 9.17) is 4.74 Å².